The van der Waals surface area contributed by atoms with Gasteiger partial charge in [-0.15, -0.1) is 0 Å². The van der Waals surface area contributed by atoms with Crippen molar-refractivity contribution in [3.05, 3.63) is 130 Å². The van der Waals surface area contributed by atoms with E-state index in [2.05, 4.69) is 10.4 Å². The lowest BCUT2D eigenvalue weighted by Crippen LogP contribution is -2.48. The highest BCUT2D eigenvalue weighted by Gasteiger charge is 2.51. The maximum atomic E-state index is 13.3. The molecular weight excluding hydrogens is 612 g/mol. The van der Waals surface area contributed by atoms with Crippen LogP contribution in [0.5, 0.6) is 0 Å². The maximum absolute atomic E-state index is 13.3. The summed E-state index contributed by atoms with van der Waals surface area (Å²) in [5.74, 6) is 9.08. The number of nitrogens with zero attached hydrogens (tertiary/aromatic N) is 4. The number of para-hydroxylation sites is 2. The third-order valence-electron chi connectivity index (χ3n) is 10.6. The zero-order valence-corrected chi connectivity index (χ0v) is 27.2. The Morgan fingerprint density at radius 3 is 1.65 bits per heavy atom. The Bertz CT molecular complexity index is 2260. The lowest BCUT2D eigenvalue weighted by Gasteiger charge is -2.56. The Labute approximate surface area is 283 Å². The molecule has 0 radical (unpaired) electrons. The number of nitrogens with two attached hydrogens (primary N) is 1. The van der Waals surface area contributed by atoms with Crippen molar-refractivity contribution in [1.29, 1.82) is 0 Å². The Morgan fingerprint density at radius 1 is 0.653 bits per heavy atom. The minimum atomic E-state index is -0.237. The second-order valence-electron chi connectivity index (χ2n) is 14.1. The standard InChI is InChI=1S/C26H27N3O2.C14H11N3O/c30-23(16-26-13-17-10-18(14-26)12-19(11-17)15-26)28-29-24(20-6-2-1-3-7-20)27-22-9-5-4-8-21(22)25(29)31;15-17-13(10-6-2-1-3-7-10)16-12-9-5-4-8-11(12)14(17)18/h1-9,17-19H,10-16H2,(H,28,30);1-9H,15H2. The van der Waals surface area contributed by atoms with Crippen molar-refractivity contribution in [3.8, 4) is 22.8 Å². The first-order chi connectivity index (χ1) is 23.9. The van der Waals surface area contributed by atoms with Crippen LogP contribution in [-0.4, -0.2) is 25.2 Å². The number of hydrogen-bond acceptors (Lipinski definition) is 6. The lowest BCUT2D eigenvalue weighted by molar-refractivity contribution is -0.125. The van der Waals surface area contributed by atoms with Crippen molar-refractivity contribution in [2.24, 2.45) is 23.2 Å². The van der Waals surface area contributed by atoms with Crippen molar-refractivity contribution >= 4 is 27.7 Å². The van der Waals surface area contributed by atoms with Gasteiger partial charge in [-0.25, -0.2) is 14.6 Å². The Hall–Kier alpha value is -5.57. The Morgan fingerprint density at radius 2 is 1.10 bits per heavy atom. The molecule has 49 heavy (non-hydrogen) atoms. The Balaban J connectivity index is 0.000000165. The van der Waals surface area contributed by atoms with Crippen LogP contribution in [0.3, 0.4) is 0 Å². The van der Waals surface area contributed by atoms with Crippen molar-refractivity contribution in [2.45, 2.75) is 44.9 Å². The van der Waals surface area contributed by atoms with Crippen LogP contribution < -0.4 is 22.4 Å². The number of fused-ring (bicyclic) bond motifs is 2. The summed E-state index contributed by atoms with van der Waals surface area (Å²) in [6.07, 6.45) is 8.08. The first-order valence-corrected chi connectivity index (χ1v) is 17.1. The molecule has 9 nitrogen and oxygen atoms in total. The average Bonchev–Trinajstić information content (AvgIpc) is 3.11. The van der Waals surface area contributed by atoms with Crippen LogP contribution in [0.25, 0.3) is 44.6 Å². The molecule has 4 saturated carbocycles. The van der Waals surface area contributed by atoms with Gasteiger partial charge in [0, 0.05) is 17.5 Å². The summed E-state index contributed by atoms with van der Waals surface area (Å²) in [4.78, 5) is 47.9. The van der Waals surface area contributed by atoms with Crippen molar-refractivity contribution < 1.29 is 4.79 Å². The molecular formula is C40H38N6O3. The fourth-order valence-corrected chi connectivity index (χ4v) is 8.97. The topological polar surface area (TPSA) is 125 Å². The third kappa shape index (κ3) is 5.90. The van der Waals surface area contributed by atoms with E-state index in [1.807, 2.05) is 91.0 Å². The van der Waals surface area contributed by atoms with Gasteiger partial charge in [0.15, 0.2) is 11.6 Å². The second kappa shape index (κ2) is 12.5. The molecule has 3 N–H and O–H groups in total. The molecule has 9 heteroatoms. The Kier molecular flexibility index (Phi) is 7.82. The number of amides is 1. The molecule has 2 aromatic heterocycles. The van der Waals surface area contributed by atoms with Gasteiger partial charge in [-0.1, -0.05) is 84.9 Å². The zero-order chi connectivity index (χ0) is 33.5. The first-order valence-electron chi connectivity index (χ1n) is 17.1. The molecule has 4 bridgehead atoms. The number of nitrogen functional groups attached to an aromatic ring is 1. The van der Waals surface area contributed by atoms with Gasteiger partial charge in [-0.2, -0.15) is 4.68 Å². The molecule has 1 amide bonds. The van der Waals surface area contributed by atoms with Crippen LogP contribution in [0.2, 0.25) is 0 Å². The number of carbonyl (C=O) groups excluding carboxylic acids is 1. The highest BCUT2D eigenvalue weighted by Crippen LogP contribution is 2.61. The highest BCUT2D eigenvalue weighted by atomic mass is 16.2. The van der Waals surface area contributed by atoms with Gasteiger partial charge in [-0.05, 0) is 86.0 Å². The predicted molar refractivity (Wildman–Crippen MR) is 193 cm³/mol. The van der Waals surface area contributed by atoms with E-state index in [-0.39, 0.29) is 22.4 Å². The van der Waals surface area contributed by atoms with Gasteiger partial charge in [0.2, 0.25) is 5.91 Å². The van der Waals surface area contributed by atoms with E-state index < -0.39 is 0 Å². The van der Waals surface area contributed by atoms with Crippen LogP contribution in [-0.2, 0) is 4.79 Å². The first kappa shape index (κ1) is 30.7. The molecule has 0 spiro atoms. The maximum Gasteiger partial charge on any atom is 0.280 e. The number of benzene rings is 4. The summed E-state index contributed by atoms with van der Waals surface area (Å²) >= 11 is 0. The smallest absolute Gasteiger partial charge is 0.280 e. The molecule has 246 valence electrons. The largest absolute Gasteiger partial charge is 0.334 e. The van der Waals surface area contributed by atoms with Gasteiger partial charge >= 0.3 is 0 Å². The highest BCUT2D eigenvalue weighted by molar-refractivity contribution is 5.86. The van der Waals surface area contributed by atoms with Gasteiger partial charge in [0.05, 0.1) is 21.8 Å². The fraction of sp³-hybridized carbons (Fsp3) is 0.275. The molecule has 6 aromatic rings. The van der Waals surface area contributed by atoms with Crippen molar-refractivity contribution in [1.82, 2.24) is 19.3 Å². The minimum Gasteiger partial charge on any atom is -0.334 e. The van der Waals surface area contributed by atoms with Crippen LogP contribution in [0.4, 0.5) is 0 Å². The van der Waals surface area contributed by atoms with E-state index in [9.17, 15) is 14.4 Å². The third-order valence-corrected chi connectivity index (χ3v) is 10.6. The fourth-order valence-electron chi connectivity index (χ4n) is 8.97. The summed E-state index contributed by atoms with van der Waals surface area (Å²) in [5, 5.41) is 1.04. The molecule has 4 aromatic carbocycles. The monoisotopic (exact) mass is 650 g/mol. The van der Waals surface area contributed by atoms with Gasteiger partial charge in [0.1, 0.15) is 0 Å². The number of aromatic nitrogens is 4. The van der Waals surface area contributed by atoms with E-state index in [0.717, 1.165) is 33.6 Å². The molecule has 4 aliphatic carbocycles. The summed E-state index contributed by atoms with van der Waals surface area (Å²) in [6, 6.07) is 33.5. The molecule has 0 aliphatic heterocycles. The second-order valence-corrected chi connectivity index (χ2v) is 14.1. The van der Waals surface area contributed by atoms with Crippen LogP contribution >= 0.6 is 0 Å². The van der Waals surface area contributed by atoms with Crippen LogP contribution in [0.1, 0.15) is 44.9 Å². The molecule has 0 unspecified atom stereocenters. The normalized spacial score (nSPS) is 22.1. The van der Waals surface area contributed by atoms with Gasteiger partial charge in [-0.3, -0.25) is 19.8 Å². The quantitative estimate of drug-likeness (QED) is 0.205. The van der Waals surface area contributed by atoms with E-state index in [0.29, 0.717) is 39.9 Å². The number of hydrogen-bond donors (Lipinski definition) is 2. The molecule has 0 atom stereocenters. The van der Waals surface area contributed by atoms with Gasteiger partial charge in [0.25, 0.3) is 11.1 Å². The minimum absolute atomic E-state index is 0.0710. The van der Waals surface area contributed by atoms with E-state index in [1.54, 1.807) is 18.2 Å². The van der Waals surface area contributed by atoms with Crippen LogP contribution in [0, 0.1) is 23.2 Å². The molecule has 0 saturated heterocycles. The number of carbonyl (C=O) groups is 1. The predicted octanol–water partition coefficient (Wildman–Crippen LogP) is 6.52. The lowest BCUT2D eigenvalue weighted by atomic mass is 9.49. The van der Waals surface area contributed by atoms with Gasteiger partial charge < -0.3 is 5.84 Å². The summed E-state index contributed by atoms with van der Waals surface area (Å²) < 4.78 is 2.46. The SMILES string of the molecule is Nn1c(-c2ccccc2)nc2ccccc2c1=O.O=C(CC12CC3CC(CC(C3)C1)C2)Nn1c(-c2ccccc2)nc2ccccc2c1=O. The molecule has 4 aliphatic rings. The van der Waals surface area contributed by atoms with E-state index in [4.69, 9.17) is 10.8 Å². The molecule has 2 heterocycles. The number of nitrogens with one attached hydrogen (secondary N) is 1. The summed E-state index contributed by atoms with van der Waals surface area (Å²) in [7, 11) is 0. The van der Waals surface area contributed by atoms with E-state index in [1.165, 1.54) is 43.2 Å². The molecule has 4 fully saturated rings. The average molecular weight is 651 g/mol. The van der Waals surface area contributed by atoms with Crippen molar-refractivity contribution in [2.75, 3.05) is 11.3 Å². The molecule has 10 rings (SSSR count). The summed E-state index contributed by atoms with van der Waals surface area (Å²) in [5.41, 5.74) is 5.52. The van der Waals surface area contributed by atoms with Crippen molar-refractivity contribution in [3.63, 3.8) is 0 Å². The van der Waals surface area contributed by atoms with Crippen LogP contribution in [0.15, 0.2) is 119 Å². The van der Waals surface area contributed by atoms with E-state index >= 15 is 0 Å². The number of rotatable bonds is 5. The summed E-state index contributed by atoms with van der Waals surface area (Å²) in [6.45, 7) is 0. The zero-order valence-electron chi connectivity index (χ0n) is 27.2.